The van der Waals surface area contributed by atoms with E-state index in [1.807, 2.05) is 25.1 Å². The molecule has 1 amide bonds. The summed E-state index contributed by atoms with van der Waals surface area (Å²) in [6.07, 6.45) is 2.87. The lowest BCUT2D eigenvalue weighted by Gasteiger charge is -2.22. The van der Waals surface area contributed by atoms with Crippen LogP contribution in [0.15, 0.2) is 30.3 Å². The smallest absolute Gasteiger partial charge is 0.229 e. The summed E-state index contributed by atoms with van der Waals surface area (Å²) in [4.78, 5) is 12.4. The van der Waals surface area contributed by atoms with Gasteiger partial charge in [-0.2, -0.15) is 0 Å². The fraction of sp³-hybridized carbons (Fsp3) is 0.533. The molecule has 0 saturated heterocycles. The molecule has 0 bridgehead atoms. The number of rotatable bonds is 4. The number of carbonyl (C=O) groups excluding carboxylic acids is 1. The van der Waals surface area contributed by atoms with Crippen molar-refractivity contribution in [2.24, 2.45) is 11.3 Å². The molecule has 2 nitrogen and oxygen atoms in total. The number of hydrogen-bond acceptors (Lipinski definition) is 1. The van der Waals surface area contributed by atoms with Crippen molar-refractivity contribution in [1.29, 1.82) is 0 Å². The molecule has 1 N–H and O–H groups in total. The van der Waals surface area contributed by atoms with Crippen molar-refractivity contribution in [2.45, 2.75) is 36.6 Å². The van der Waals surface area contributed by atoms with Gasteiger partial charge < -0.3 is 5.32 Å². The third-order valence-corrected chi connectivity index (χ3v) is 5.40. The van der Waals surface area contributed by atoms with Crippen LogP contribution in [0.25, 0.3) is 0 Å². The minimum absolute atomic E-state index is 0.0294. The van der Waals surface area contributed by atoms with E-state index in [1.54, 1.807) is 0 Å². The Kier molecular flexibility index (Phi) is 3.06. The molecule has 102 valence electrons. The van der Waals surface area contributed by atoms with E-state index in [2.05, 4.69) is 17.4 Å². The highest BCUT2D eigenvalue weighted by Gasteiger charge is 2.68. The second-order valence-electron chi connectivity index (χ2n) is 5.91. The molecular formula is C15H17Cl2NO. The molecule has 1 aromatic carbocycles. The van der Waals surface area contributed by atoms with Crippen molar-refractivity contribution in [3.05, 3.63) is 35.9 Å². The van der Waals surface area contributed by atoms with Gasteiger partial charge in [0.1, 0.15) is 4.33 Å². The van der Waals surface area contributed by atoms with Gasteiger partial charge >= 0.3 is 0 Å². The molecule has 2 fully saturated rings. The van der Waals surface area contributed by atoms with Crippen LogP contribution in [0, 0.1) is 11.3 Å². The standard InChI is InChI=1S/C15H17Cl2NO/c1-14(9-15(14,16)17)13(19)18-12(11-7-8-11)10-5-3-2-4-6-10/h2-6,11-12H,7-9H2,1H3,(H,18,19). The van der Waals surface area contributed by atoms with Crippen molar-refractivity contribution in [1.82, 2.24) is 5.32 Å². The number of amides is 1. The summed E-state index contributed by atoms with van der Waals surface area (Å²) in [6, 6.07) is 10.2. The SMILES string of the molecule is CC1(C(=O)NC(c2ccccc2)C2CC2)CC1(Cl)Cl. The zero-order valence-corrected chi connectivity index (χ0v) is 12.3. The van der Waals surface area contributed by atoms with E-state index in [0.717, 1.165) is 5.56 Å². The summed E-state index contributed by atoms with van der Waals surface area (Å²) < 4.78 is -0.901. The molecule has 0 spiro atoms. The van der Waals surface area contributed by atoms with E-state index >= 15 is 0 Å². The Balaban J connectivity index is 1.75. The van der Waals surface area contributed by atoms with Crippen molar-refractivity contribution in [2.75, 3.05) is 0 Å². The lowest BCUT2D eigenvalue weighted by atomic mass is 10.0. The lowest BCUT2D eigenvalue weighted by molar-refractivity contribution is -0.126. The molecule has 2 atom stereocenters. The van der Waals surface area contributed by atoms with Crippen molar-refractivity contribution in [3.8, 4) is 0 Å². The number of nitrogens with one attached hydrogen (secondary N) is 1. The molecule has 2 aliphatic rings. The van der Waals surface area contributed by atoms with Crippen LogP contribution in [0.5, 0.6) is 0 Å². The molecule has 0 aromatic heterocycles. The highest BCUT2D eigenvalue weighted by atomic mass is 35.5. The van der Waals surface area contributed by atoms with Crippen LogP contribution < -0.4 is 5.32 Å². The average molecular weight is 298 g/mol. The zero-order chi connectivity index (χ0) is 13.7. The molecule has 2 saturated carbocycles. The van der Waals surface area contributed by atoms with Crippen molar-refractivity contribution < 1.29 is 4.79 Å². The number of alkyl halides is 2. The second kappa shape index (κ2) is 4.39. The first-order valence-corrected chi connectivity index (χ1v) is 7.43. The quantitative estimate of drug-likeness (QED) is 0.841. The highest BCUT2D eigenvalue weighted by Crippen LogP contribution is 2.64. The topological polar surface area (TPSA) is 29.1 Å². The van der Waals surface area contributed by atoms with Gasteiger partial charge in [0.25, 0.3) is 0 Å². The van der Waals surface area contributed by atoms with Crippen molar-refractivity contribution in [3.63, 3.8) is 0 Å². The largest absolute Gasteiger partial charge is 0.348 e. The molecule has 0 aliphatic heterocycles. The molecule has 2 aliphatic carbocycles. The van der Waals surface area contributed by atoms with Crippen LogP contribution in [0.2, 0.25) is 0 Å². The maximum atomic E-state index is 12.4. The van der Waals surface area contributed by atoms with Gasteiger partial charge in [-0.1, -0.05) is 30.3 Å². The van der Waals surface area contributed by atoms with Gasteiger partial charge in [-0.3, -0.25) is 4.79 Å². The van der Waals surface area contributed by atoms with Crippen LogP contribution >= 0.6 is 23.2 Å². The van der Waals surface area contributed by atoms with E-state index in [-0.39, 0.29) is 11.9 Å². The van der Waals surface area contributed by atoms with Gasteiger partial charge in [-0.15, -0.1) is 23.2 Å². The monoisotopic (exact) mass is 297 g/mol. The third kappa shape index (κ3) is 2.36. The maximum absolute atomic E-state index is 12.4. The van der Waals surface area contributed by atoms with Crippen LogP contribution in [0.3, 0.4) is 0 Å². The first kappa shape index (κ1) is 13.3. The summed E-state index contributed by atoms with van der Waals surface area (Å²) in [6.45, 7) is 1.83. The van der Waals surface area contributed by atoms with Crippen molar-refractivity contribution >= 4 is 29.1 Å². The third-order valence-electron chi connectivity index (χ3n) is 4.30. The Morgan fingerprint density at radius 1 is 1.32 bits per heavy atom. The highest BCUT2D eigenvalue weighted by molar-refractivity contribution is 6.53. The summed E-state index contributed by atoms with van der Waals surface area (Å²) >= 11 is 12.1. The Hall–Kier alpha value is -0.730. The fourth-order valence-corrected chi connectivity index (χ4v) is 3.22. The normalized spacial score (nSPS) is 29.6. The molecule has 19 heavy (non-hydrogen) atoms. The predicted molar refractivity (Wildman–Crippen MR) is 77.2 cm³/mol. The van der Waals surface area contributed by atoms with Gasteiger partial charge in [0, 0.05) is 0 Å². The van der Waals surface area contributed by atoms with E-state index in [1.165, 1.54) is 12.8 Å². The van der Waals surface area contributed by atoms with Gasteiger partial charge in [0.05, 0.1) is 11.5 Å². The molecule has 0 heterocycles. The molecule has 4 heteroatoms. The fourth-order valence-electron chi connectivity index (χ4n) is 2.51. The number of hydrogen-bond donors (Lipinski definition) is 1. The lowest BCUT2D eigenvalue weighted by Crippen LogP contribution is -2.37. The van der Waals surface area contributed by atoms with E-state index in [9.17, 15) is 4.79 Å². The molecular weight excluding hydrogens is 281 g/mol. The van der Waals surface area contributed by atoms with E-state index in [0.29, 0.717) is 12.3 Å². The Morgan fingerprint density at radius 2 is 1.89 bits per heavy atom. The van der Waals surface area contributed by atoms with Gasteiger partial charge in [-0.05, 0) is 37.7 Å². The van der Waals surface area contributed by atoms with Crippen LogP contribution in [0.1, 0.15) is 37.8 Å². The Labute approximate surface area is 123 Å². The first-order valence-electron chi connectivity index (χ1n) is 6.68. The Morgan fingerprint density at radius 3 is 2.37 bits per heavy atom. The number of halogens is 2. The molecule has 1 aromatic rings. The summed E-state index contributed by atoms with van der Waals surface area (Å²) in [5.74, 6) is 0.520. The van der Waals surface area contributed by atoms with Crippen LogP contribution in [-0.4, -0.2) is 10.2 Å². The predicted octanol–water partition coefficient (Wildman–Crippen LogP) is 3.84. The average Bonchev–Trinajstić information content (AvgIpc) is 3.26. The molecule has 0 radical (unpaired) electrons. The van der Waals surface area contributed by atoms with Crippen LogP contribution in [0.4, 0.5) is 0 Å². The molecule has 2 unspecified atom stereocenters. The summed E-state index contributed by atoms with van der Waals surface area (Å²) in [7, 11) is 0. The second-order valence-corrected chi connectivity index (χ2v) is 7.40. The van der Waals surface area contributed by atoms with Crippen LogP contribution in [-0.2, 0) is 4.79 Å². The Bertz CT molecular complexity index is 498. The van der Waals surface area contributed by atoms with E-state index in [4.69, 9.17) is 23.2 Å². The number of carbonyl (C=O) groups is 1. The minimum Gasteiger partial charge on any atom is -0.348 e. The summed E-state index contributed by atoms with van der Waals surface area (Å²) in [5, 5.41) is 3.15. The maximum Gasteiger partial charge on any atom is 0.229 e. The van der Waals surface area contributed by atoms with E-state index < -0.39 is 9.75 Å². The minimum atomic E-state index is -0.901. The zero-order valence-electron chi connectivity index (χ0n) is 10.8. The van der Waals surface area contributed by atoms with Gasteiger partial charge in [-0.25, -0.2) is 0 Å². The summed E-state index contributed by atoms with van der Waals surface area (Å²) in [5.41, 5.74) is 0.523. The van der Waals surface area contributed by atoms with Gasteiger partial charge in [0.15, 0.2) is 0 Å². The van der Waals surface area contributed by atoms with Gasteiger partial charge in [0.2, 0.25) is 5.91 Å². The number of benzene rings is 1. The molecule has 3 rings (SSSR count). The first-order chi connectivity index (χ1) is 8.94.